The van der Waals surface area contributed by atoms with Gasteiger partial charge in [-0.1, -0.05) is 85.5 Å². The van der Waals surface area contributed by atoms with Crippen molar-refractivity contribution in [3.63, 3.8) is 0 Å². The predicted molar refractivity (Wildman–Crippen MR) is 244 cm³/mol. The number of aliphatic hydroxyl groups excluding tert-OH is 7. The van der Waals surface area contributed by atoms with Crippen LogP contribution in [-0.2, 0) is 66.5 Å². The molecule has 406 valence electrons. The Hall–Kier alpha value is -2.19. The molecule has 70 heavy (non-hydrogen) atoms. The van der Waals surface area contributed by atoms with Gasteiger partial charge in [-0.2, -0.15) is 0 Å². The van der Waals surface area contributed by atoms with Crippen LogP contribution >= 0.6 is 0 Å². The van der Waals surface area contributed by atoms with E-state index in [1.807, 2.05) is 0 Å². The molecule has 0 radical (unpaired) electrons. The smallest absolute Gasteiger partial charge is 0.309 e. The average molecular weight is 1010 g/mol. The van der Waals surface area contributed by atoms with Gasteiger partial charge < -0.3 is 87.9 Å². The zero-order valence-corrected chi connectivity index (χ0v) is 42.1. The highest BCUT2D eigenvalue weighted by Crippen LogP contribution is 2.38. The lowest BCUT2D eigenvalue weighted by molar-refractivity contribution is -0.399. The van der Waals surface area contributed by atoms with Crippen molar-refractivity contribution in [3.8, 4) is 0 Å². The number of hydrogen-bond acceptors (Lipinski definition) is 21. The molecule has 5 heterocycles. The number of aliphatic hydroxyl groups is 7. The fourth-order valence-corrected chi connectivity index (χ4v) is 9.50. The minimum atomic E-state index is -1.91. The Balaban J connectivity index is 1.53. The molecule has 5 aliphatic rings. The van der Waals surface area contributed by atoms with E-state index in [2.05, 4.69) is 6.92 Å². The van der Waals surface area contributed by atoms with E-state index in [-0.39, 0.29) is 18.9 Å². The minimum Gasteiger partial charge on any atom is -0.457 e. The summed E-state index contributed by atoms with van der Waals surface area (Å²) in [5, 5.41) is 78.7. The molecular weight excluding hydrogens is 925 g/mol. The van der Waals surface area contributed by atoms with Crippen LogP contribution in [0.3, 0.4) is 0 Å². The van der Waals surface area contributed by atoms with Crippen LogP contribution < -0.4 is 0 Å². The second-order valence-corrected chi connectivity index (χ2v) is 19.7. The van der Waals surface area contributed by atoms with Crippen LogP contribution in [0.5, 0.6) is 0 Å². The third-order valence-corrected chi connectivity index (χ3v) is 14.1. The first kappa shape index (κ1) is 58.7. The number of rotatable bonds is 13. The normalized spacial score (nSPS) is 42.4. The molecule has 5 fully saturated rings. The number of fused-ring (bicyclic) bond motifs is 4. The number of esters is 3. The van der Waals surface area contributed by atoms with E-state index in [9.17, 15) is 50.1 Å². The van der Waals surface area contributed by atoms with Gasteiger partial charge in [-0.15, -0.1) is 0 Å². The molecule has 22 atom stereocenters. The zero-order chi connectivity index (χ0) is 51.2. The van der Waals surface area contributed by atoms with Crippen LogP contribution in [0.4, 0.5) is 0 Å². The number of ether oxygens (including phenoxy) is 11. The lowest BCUT2D eigenvalue weighted by atomic mass is 9.95. The predicted octanol–water partition coefficient (Wildman–Crippen LogP) is 2.33. The van der Waals surface area contributed by atoms with Gasteiger partial charge >= 0.3 is 17.9 Å². The summed E-state index contributed by atoms with van der Waals surface area (Å²) >= 11 is 0. The third kappa shape index (κ3) is 15.4. The summed E-state index contributed by atoms with van der Waals surface area (Å²) in [4.78, 5) is 40.1. The molecule has 7 N–H and O–H groups in total. The van der Waals surface area contributed by atoms with E-state index < -0.39 is 153 Å². The molecule has 0 amide bonds. The summed E-state index contributed by atoms with van der Waals surface area (Å²) in [5.74, 6) is -2.54. The van der Waals surface area contributed by atoms with Gasteiger partial charge in [0, 0.05) is 12.8 Å². The summed E-state index contributed by atoms with van der Waals surface area (Å²) in [6, 6.07) is 0. The van der Waals surface area contributed by atoms with E-state index in [4.69, 9.17) is 52.1 Å². The number of unbranched alkanes of at least 4 members (excludes halogenated alkanes) is 2. The lowest BCUT2D eigenvalue weighted by Gasteiger charge is -2.50. The second kappa shape index (κ2) is 28.5. The van der Waals surface area contributed by atoms with E-state index in [0.29, 0.717) is 38.5 Å². The van der Waals surface area contributed by atoms with Crippen LogP contribution in [-0.4, -0.2) is 189 Å². The van der Waals surface area contributed by atoms with Crippen molar-refractivity contribution in [2.24, 2.45) is 5.92 Å². The summed E-state index contributed by atoms with van der Waals surface area (Å²) < 4.78 is 68.1. The average Bonchev–Trinajstić information content (AvgIpc) is 3.32. The molecule has 5 aliphatic heterocycles. The van der Waals surface area contributed by atoms with Crippen LogP contribution in [0, 0.1) is 5.92 Å². The third-order valence-electron chi connectivity index (χ3n) is 14.1. The zero-order valence-electron chi connectivity index (χ0n) is 42.1. The standard InChI is InChI=1S/C49H84O21/c1-8-11-17-21-29-22-18-15-13-12-14-16-19-23-32(52)65-43-40(68-46-38(58)37(57)39(27(6)61-46)67-45(59)25(4)10-3)28(7)62-49(44(43)66-31(51)20-9-2)70-42-36(56)34(54)30(24-50)64-48(42)69-41-35(55)33(53)26(5)60-47(41)63-29/h25-30,33-44,46-50,53-58H,8-24H2,1-7H3/t25-,26+,27+,28-,29+,30+,33+,34+,35-,36-,37+,38+,39+,40-,41+,42+,43+,44+,46-,47-,48-,49-/m0/s1. The summed E-state index contributed by atoms with van der Waals surface area (Å²) in [6.07, 6.45) is -20.2. The Bertz CT molecular complexity index is 1570. The molecule has 5 saturated heterocycles. The second-order valence-electron chi connectivity index (χ2n) is 19.7. The fourth-order valence-electron chi connectivity index (χ4n) is 9.50. The molecule has 0 aliphatic carbocycles. The van der Waals surface area contributed by atoms with Crippen LogP contribution in [0.2, 0.25) is 0 Å². The molecule has 5 rings (SSSR count). The van der Waals surface area contributed by atoms with Crippen molar-refractivity contribution < 1.29 is 102 Å². The van der Waals surface area contributed by atoms with Crippen molar-refractivity contribution in [2.75, 3.05) is 6.61 Å². The molecular formula is C49H84O21. The lowest BCUT2D eigenvalue weighted by Crippen LogP contribution is -2.68. The van der Waals surface area contributed by atoms with Gasteiger partial charge in [0.15, 0.2) is 43.5 Å². The molecule has 0 aromatic carbocycles. The molecule has 2 bridgehead atoms. The Kier molecular flexibility index (Phi) is 23.9. The highest BCUT2D eigenvalue weighted by molar-refractivity contribution is 5.72. The largest absolute Gasteiger partial charge is 0.457 e. The Morgan fingerprint density at radius 1 is 0.614 bits per heavy atom. The number of hydrogen-bond donors (Lipinski definition) is 7. The van der Waals surface area contributed by atoms with Gasteiger partial charge in [0.25, 0.3) is 0 Å². The van der Waals surface area contributed by atoms with Gasteiger partial charge in [0.05, 0.1) is 36.9 Å². The highest BCUT2D eigenvalue weighted by Gasteiger charge is 2.57. The Labute approximate surface area is 412 Å². The summed E-state index contributed by atoms with van der Waals surface area (Å²) in [5.41, 5.74) is 0. The van der Waals surface area contributed by atoms with Crippen molar-refractivity contribution >= 4 is 17.9 Å². The molecule has 0 spiro atoms. The first-order valence-electron chi connectivity index (χ1n) is 26.0. The van der Waals surface area contributed by atoms with E-state index in [0.717, 1.165) is 51.4 Å². The fraction of sp³-hybridized carbons (Fsp3) is 0.939. The summed E-state index contributed by atoms with van der Waals surface area (Å²) in [6.45, 7) is 11.1. The van der Waals surface area contributed by atoms with Crippen molar-refractivity contribution in [3.05, 3.63) is 0 Å². The molecule has 21 nitrogen and oxygen atoms in total. The van der Waals surface area contributed by atoms with Gasteiger partial charge in [-0.05, 0) is 52.9 Å². The van der Waals surface area contributed by atoms with E-state index in [1.165, 1.54) is 13.8 Å². The van der Waals surface area contributed by atoms with Crippen molar-refractivity contribution in [1.29, 1.82) is 0 Å². The van der Waals surface area contributed by atoms with Crippen LogP contribution in [0.25, 0.3) is 0 Å². The topological polar surface area (TPSA) is 294 Å². The Morgan fingerprint density at radius 2 is 1.23 bits per heavy atom. The number of carbonyl (C=O) groups is 3. The number of carbonyl (C=O) groups excluding carboxylic acids is 3. The van der Waals surface area contributed by atoms with Crippen LogP contribution in [0.15, 0.2) is 0 Å². The van der Waals surface area contributed by atoms with Gasteiger partial charge in [0.2, 0.25) is 0 Å². The minimum absolute atomic E-state index is 0.0326. The SMILES string of the molecule is CCCCC[C@@H]1CCCCCCCCCC(=O)O[C@@H]2[C@@H](O[C@@H]3O[C@H](C)[C@@H](OC(=O)[C@@H](C)CC)[C@H](O)[C@H]3O)[C@H](C)O[C@@H](O[C@H]3[C@H](O[C@H]4[C@H](O1)O[C@H](C)[C@@H](O)[C@@H]4O)O[C@H](CO)[C@@H](O)[C@@H]3O)[C@@H]2OC(=O)CCC. The first-order chi connectivity index (χ1) is 33.4. The molecule has 0 aromatic rings. The maximum Gasteiger partial charge on any atom is 0.309 e. The van der Waals surface area contributed by atoms with E-state index >= 15 is 0 Å². The molecule has 0 saturated carbocycles. The monoisotopic (exact) mass is 1010 g/mol. The molecule has 0 unspecified atom stereocenters. The van der Waals surface area contributed by atoms with Crippen molar-refractivity contribution in [2.45, 2.75) is 280 Å². The molecule has 21 heteroatoms. The Morgan fingerprint density at radius 3 is 1.89 bits per heavy atom. The first-order valence-corrected chi connectivity index (χ1v) is 26.0. The van der Waals surface area contributed by atoms with Crippen LogP contribution in [0.1, 0.15) is 151 Å². The maximum atomic E-state index is 13.9. The molecule has 0 aromatic heterocycles. The quantitative estimate of drug-likeness (QED) is 0.0791. The maximum absolute atomic E-state index is 13.9. The van der Waals surface area contributed by atoms with Gasteiger partial charge in [-0.25, -0.2) is 0 Å². The highest BCUT2D eigenvalue weighted by atomic mass is 16.8. The van der Waals surface area contributed by atoms with Gasteiger partial charge in [0.1, 0.15) is 61.0 Å². The summed E-state index contributed by atoms with van der Waals surface area (Å²) in [7, 11) is 0. The van der Waals surface area contributed by atoms with E-state index in [1.54, 1.807) is 27.7 Å². The van der Waals surface area contributed by atoms with Gasteiger partial charge in [-0.3, -0.25) is 14.4 Å². The van der Waals surface area contributed by atoms with Crippen molar-refractivity contribution in [1.82, 2.24) is 0 Å².